The number of Topliss-reactive ketones (excluding diaryl/α,β-unsaturated/α-hetero) is 1. The van der Waals surface area contributed by atoms with Gasteiger partial charge in [0.25, 0.3) is 0 Å². The van der Waals surface area contributed by atoms with Gasteiger partial charge in [0, 0.05) is 0 Å². The van der Waals surface area contributed by atoms with Gasteiger partial charge in [0.2, 0.25) is 0 Å². The number of halogens is 3. The van der Waals surface area contributed by atoms with Gasteiger partial charge in [-0.15, -0.1) is 0 Å². The summed E-state index contributed by atoms with van der Waals surface area (Å²) in [7, 11) is 0. The molecule has 0 aliphatic carbocycles. The van der Waals surface area contributed by atoms with E-state index in [-0.39, 0.29) is 0 Å². The van der Waals surface area contributed by atoms with Crippen LogP contribution in [0.15, 0.2) is 0 Å². The van der Waals surface area contributed by atoms with Crippen molar-refractivity contribution in [2.45, 2.75) is 19.5 Å². The highest BCUT2D eigenvalue weighted by Crippen LogP contribution is 2.17. The fraction of sp³-hybridized carbons (Fsp3) is 0.600. The van der Waals surface area contributed by atoms with Crippen molar-refractivity contribution >= 4 is 11.6 Å². The number of carbonyl (C=O) groups excluding carboxylic acids is 2. The Morgan fingerprint density at radius 1 is 1.50 bits per heavy atom. The second-order valence-corrected chi connectivity index (χ2v) is 1.82. The molecule has 1 N–H and O–H groups in total. The van der Waals surface area contributed by atoms with Gasteiger partial charge in [-0.25, -0.2) is 0 Å². The molecule has 0 aromatic heterocycles. The first-order chi connectivity index (χ1) is 4.34. The first-order valence-electron chi connectivity index (χ1n) is 2.45. The molecule has 0 saturated heterocycles. The smallest absolute Gasteiger partial charge is 0.299 e. The lowest BCUT2D eigenvalue weighted by Gasteiger charge is -1.95. The highest BCUT2D eigenvalue weighted by atomic mass is 19.4. The third-order valence-corrected chi connectivity index (χ3v) is 0.744. The van der Waals surface area contributed by atoms with Crippen molar-refractivity contribution in [1.82, 2.24) is 0 Å². The van der Waals surface area contributed by atoms with Gasteiger partial charge in [-0.2, -0.15) is 13.2 Å². The number of rotatable bonds is 2. The quantitative estimate of drug-likeness (QED) is 0.434. The van der Waals surface area contributed by atoms with Gasteiger partial charge in [-0.1, -0.05) is 0 Å². The first kappa shape index (κ1) is 9.13. The molecule has 0 spiro atoms. The normalized spacial score (nSPS) is 11.2. The summed E-state index contributed by atoms with van der Waals surface area (Å²) in [4.78, 5) is 18.1. The second kappa shape index (κ2) is 2.81. The Hall–Kier alpha value is -0.870. The van der Waals surface area contributed by atoms with Crippen molar-refractivity contribution in [3.8, 4) is 0 Å². The van der Waals surface area contributed by atoms with Crippen LogP contribution in [0.4, 0.5) is 13.2 Å². The number of hydrogen-bond donors (Lipinski definition) is 0. The van der Waals surface area contributed by atoms with E-state index in [0.29, 0.717) is 0 Å². The maximum atomic E-state index is 11.4. The van der Waals surface area contributed by atoms with Crippen LogP contribution in [0.2, 0.25) is 0 Å². The van der Waals surface area contributed by atoms with Crippen molar-refractivity contribution in [2.24, 2.45) is 0 Å². The van der Waals surface area contributed by atoms with Crippen LogP contribution >= 0.6 is 0 Å². The van der Waals surface area contributed by atoms with Crippen molar-refractivity contribution in [3.05, 3.63) is 0 Å². The highest BCUT2D eigenvalue weighted by molar-refractivity contribution is 6.01. The molecular formula is C5H6F3O2+. The van der Waals surface area contributed by atoms with Gasteiger partial charge >= 0.3 is 12.0 Å². The van der Waals surface area contributed by atoms with Gasteiger partial charge in [-0.05, 0) is 6.92 Å². The molecule has 10 heavy (non-hydrogen) atoms. The van der Waals surface area contributed by atoms with E-state index in [4.69, 9.17) is 4.79 Å². The average molecular weight is 155 g/mol. The van der Waals surface area contributed by atoms with E-state index >= 15 is 0 Å². The molecule has 0 aromatic carbocycles. The third kappa shape index (κ3) is 3.21. The van der Waals surface area contributed by atoms with Crippen LogP contribution < -0.4 is 0 Å². The van der Waals surface area contributed by atoms with Crippen LogP contribution in [0.3, 0.4) is 0 Å². The maximum absolute atomic E-state index is 11.4. The summed E-state index contributed by atoms with van der Waals surface area (Å²) in [6.07, 6.45) is -5.70. The number of carbonyl (C=O) groups is 1. The molecule has 0 rings (SSSR count). The largest absolute Gasteiger partial charge is 0.504 e. The first-order valence-corrected chi connectivity index (χ1v) is 2.45. The summed E-state index contributed by atoms with van der Waals surface area (Å²) < 4.78 is 34.1. The zero-order chi connectivity index (χ0) is 8.36. The van der Waals surface area contributed by atoms with Crippen LogP contribution in [-0.4, -0.2) is 22.5 Å². The molecule has 0 saturated carbocycles. The Balaban J connectivity index is 3.99. The monoisotopic (exact) mass is 155 g/mol. The molecule has 0 fully saturated rings. The number of hydrogen-bond acceptors (Lipinski definition) is 1. The Labute approximate surface area is 55.0 Å². The van der Waals surface area contributed by atoms with Crippen LogP contribution in [0.25, 0.3) is 0 Å². The van der Waals surface area contributed by atoms with Crippen molar-refractivity contribution in [3.63, 3.8) is 0 Å². The maximum Gasteiger partial charge on any atom is 0.504 e. The number of alkyl halides is 3. The number of ketones is 2. The zero-order valence-electron chi connectivity index (χ0n) is 5.20. The molecule has 5 heteroatoms. The van der Waals surface area contributed by atoms with Gasteiger partial charge < -0.3 is 0 Å². The van der Waals surface area contributed by atoms with Crippen LogP contribution in [0.1, 0.15) is 13.3 Å². The fourth-order valence-corrected chi connectivity index (χ4v) is 0.336. The minimum Gasteiger partial charge on any atom is -0.299 e. The molecular weight excluding hydrogens is 149 g/mol. The van der Waals surface area contributed by atoms with Crippen LogP contribution in [0.5, 0.6) is 0 Å². The lowest BCUT2D eigenvalue weighted by Crippen LogP contribution is -2.24. The van der Waals surface area contributed by atoms with E-state index in [2.05, 4.69) is 0 Å². The topological polar surface area (TPSA) is 38.5 Å². The molecule has 58 valence electrons. The molecule has 0 unspecified atom stereocenters. The Morgan fingerprint density at radius 3 is 2.00 bits per heavy atom. The van der Waals surface area contributed by atoms with Crippen LogP contribution in [0, 0.1) is 0 Å². The van der Waals surface area contributed by atoms with E-state index in [1.165, 1.54) is 0 Å². The zero-order valence-corrected chi connectivity index (χ0v) is 5.20. The molecule has 0 aromatic rings. The van der Waals surface area contributed by atoms with Gasteiger partial charge in [0.15, 0.2) is 0 Å². The summed E-state index contributed by atoms with van der Waals surface area (Å²) >= 11 is 0. The van der Waals surface area contributed by atoms with Crippen molar-refractivity contribution in [1.29, 1.82) is 0 Å². The molecule has 0 radical (unpaired) electrons. The molecule has 0 bridgehead atoms. The van der Waals surface area contributed by atoms with E-state index in [1.54, 1.807) is 0 Å². The standard InChI is InChI=1S/C5H5F3O2/c1-3(9)2-4(10)5(6,7)8/h2H2,1H3/p+1. The molecule has 0 atom stereocenters. The predicted octanol–water partition coefficient (Wildman–Crippen LogP) is 1.07. The Morgan fingerprint density at radius 2 is 1.90 bits per heavy atom. The van der Waals surface area contributed by atoms with Crippen molar-refractivity contribution < 1.29 is 22.8 Å². The van der Waals surface area contributed by atoms with Gasteiger partial charge in [0.1, 0.15) is 12.2 Å². The van der Waals surface area contributed by atoms with Gasteiger partial charge in [-0.3, -0.25) is 9.59 Å². The van der Waals surface area contributed by atoms with Gasteiger partial charge in [0.05, 0.1) is 0 Å². The minimum absolute atomic E-state index is 0.713. The third-order valence-electron chi connectivity index (χ3n) is 0.744. The molecule has 0 heterocycles. The molecule has 2 nitrogen and oxygen atoms in total. The summed E-state index contributed by atoms with van der Waals surface area (Å²) in [5.74, 6) is -2.45. The fourth-order valence-electron chi connectivity index (χ4n) is 0.336. The molecule has 0 aliphatic rings. The predicted molar refractivity (Wildman–Crippen MR) is 28.3 cm³/mol. The lowest BCUT2D eigenvalue weighted by atomic mass is 10.2. The minimum atomic E-state index is -4.76. The Kier molecular flexibility index (Phi) is 2.56. The summed E-state index contributed by atoms with van der Waals surface area (Å²) in [6.45, 7) is 0.974. The lowest BCUT2D eigenvalue weighted by molar-refractivity contribution is -0.117. The van der Waals surface area contributed by atoms with Crippen molar-refractivity contribution in [2.75, 3.05) is 0 Å². The van der Waals surface area contributed by atoms with E-state index in [1.807, 2.05) is 0 Å². The SMILES string of the molecule is CC(=O)CC(=[OH+])C(F)(F)F. The van der Waals surface area contributed by atoms with E-state index in [9.17, 15) is 18.0 Å². The Bertz CT molecular complexity index is 159. The van der Waals surface area contributed by atoms with E-state index < -0.39 is 24.2 Å². The highest BCUT2D eigenvalue weighted by Gasteiger charge is 2.45. The molecule has 0 aliphatic heterocycles. The summed E-state index contributed by atoms with van der Waals surface area (Å²) in [6, 6.07) is 0. The average Bonchev–Trinajstić information content (AvgIpc) is 1.60. The summed E-state index contributed by atoms with van der Waals surface area (Å²) in [5.41, 5.74) is 0. The summed E-state index contributed by atoms with van der Waals surface area (Å²) in [5, 5.41) is 0. The van der Waals surface area contributed by atoms with Crippen LogP contribution in [-0.2, 0) is 4.79 Å². The second-order valence-electron chi connectivity index (χ2n) is 1.82. The van der Waals surface area contributed by atoms with E-state index in [0.717, 1.165) is 6.92 Å². The molecule has 0 amide bonds.